The van der Waals surface area contributed by atoms with Gasteiger partial charge in [0.15, 0.2) is 4.91 Å². The van der Waals surface area contributed by atoms with Crippen LogP contribution in [-0.4, -0.2) is 11.8 Å². The van der Waals surface area contributed by atoms with Gasteiger partial charge in [0.1, 0.15) is 13.1 Å². The van der Waals surface area contributed by atoms with E-state index in [9.17, 15) is 10.4 Å². The smallest absolute Gasteiger partial charge is 0.354 e. The lowest BCUT2D eigenvalue weighted by Gasteiger charge is -2.41. The molecule has 2 aromatic carbocycles. The lowest BCUT2D eigenvalue weighted by atomic mass is 10.1. The summed E-state index contributed by atoms with van der Waals surface area (Å²) in [6.07, 6.45) is 0. The van der Waals surface area contributed by atoms with Crippen LogP contribution in [0.4, 0.5) is 11.4 Å². The van der Waals surface area contributed by atoms with E-state index in [1.165, 1.54) is 10.5 Å². The molecule has 6 rings (SSSR count). The van der Waals surface area contributed by atoms with Crippen molar-refractivity contribution < 1.29 is 5.21 Å². The Bertz CT molecular complexity index is 831. The highest BCUT2D eigenvalue weighted by Crippen LogP contribution is 2.61. The first kappa shape index (κ1) is 12.0. The maximum atomic E-state index is 12.8. The van der Waals surface area contributed by atoms with Crippen molar-refractivity contribution in [3.8, 4) is 0 Å². The van der Waals surface area contributed by atoms with Gasteiger partial charge in [-0.05, 0) is 6.07 Å². The highest BCUT2D eigenvalue weighted by atomic mass is 32.2. The summed E-state index contributed by atoms with van der Waals surface area (Å²) in [5.41, 5.74) is 2.64. The van der Waals surface area contributed by atoms with Crippen molar-refractivity contribution in [2.75, 3.05) is 6.54 Å². The number of quaternary nitrogens is 2. The maximum absolute atomic E-state index is 12.8. The van der Waals surface area contributed by atoms with Crippen molar-refractivity contribution in [1.82, 2.24) is 9.29 Å². The normalized spacial score (nSPS) is 31.9. The topological polar surface area (TPSA) is 43.3 Å². The van der Waals surface area contributed by atoms with E-state index in [2.05, 4.69) is 12.1 Å². The Morgan fingerprint density at radius 1 is 0.952 bits per heavy atom. The van der Waals surface area contributed by atoms with Crippen molar-refractivity contribution >= 4 is 23.1 Å². The zero-order valence-corrected chi connectivity index (χ0v) is 12.0. The molecule has 2 aromatic rings. The second-order valence-corrected chi connectivity index (χ2v) is 6.94. The molecule has 2 atom stereocenters. The minimum atomic E-state index is -1.34. The zero-order valence-electron chi connectivity index (χ0n) is 11.2. The summed E-state index contributed by atoms with van der Waals surface area (Å²) in [6.45, 7) is 1.54. The molecule has 1 N–H and O–H groups in total. The monoisotopic (exact) mass is 297 g/mol. The average Bonchev–Trinajstić information content (AvgIpc) is 2.64. The summed E-state index contributed by atoms with van der Waals surface area (Å²) in [4.78, 5) is 0.863. The van der Waals surface area contributed by atoms with Gasteiger partial charge < -0.3 is 5.21 Å². The van der Waals surface area contributed by atoms with E-state index in [-0.39, 0.29) is 0 Å². The number of hydrogen-bond donors (Lipinski definition) is 1. The first-order chi connectivity index (χ1) is 10.1. The Morgan fingerprint density at radius 2 is 1.67 bits per heavy atom. The molecule has 2 bridgehead atoms. The van der Waals surface area contributed by atoms with Gasteiger partial charge in [0, 0.05) is 22.6 Å². The minimum Gasteiger partial charge on any atom is -0.584 e. The summed E-state index contributed by atoms with van der Waals surface area (Å²) in [6, 6.07) is 15.7. The SMILES string of the molecule is [O-][N+]1(O)C2=C3C[N+]2(Cc2ccccc2S3)c2ccccc21. The highest BCUT2D eigenvalue weighted by molar-refractivity contribution is 8.03. The van der Waals surface area contributed by atoms with Gasteiger partial charge in [0.05, 0.1) is 0 Å². The van der Waals surface area contributed by atoms with E-state index in [1.807, 2.05) is 30.3 Å². The minimum absolute atomic E-state index is 0.461. The van der Waals surface area contributed by atoms with E-state index < -0.39 is 4.81 Å². The molecule has 0 saturated heterocycles. The first-order valence-corrected chi connectivity index (χ1v) is 7.75. The standard InChI is InChI=1S/C16H13N2O2S/c19-18(20)13-7-3-2-6-12(13)17-9-11-5-1-4-8-14(11)21-15(10-17)16(17)18/h1-8,19H,9-10H2/q+1. The van der Waals surface area contributed by atoms with Crippen molar-refractivity contribution in [1.29, 1.82) is 0 Å². The molecule has 4 nitrogen and oxygen atoms in total. The van der Waals surface area contributed by atoms with Crippen LogP contribution in [-0.2, 0) is 6.54 Å². The molecule has 5 heteroatoms. The van der Waals surface area contributed by atoms with Crippen LogP contribution in [0, 0.1) is 5.21 Å². The van der Waals surface area contributed by atoms with Crippen LogP contribution in [0.1, 0.15) is 5.56 Å². The van der Waals surface area contributed by atoms with Crippen LogP contribution in [0.15, 0.2) is 64.2 Å². The van der Waals surface area contributed by atoms with E-state index in [4.69, 9.17) is 0 Å². The van der Waals surface area contributed by atoms with Crippen LogP contribution in [0.5, 0.6) is 0 Å². The summed E-state index contributed by atoms with van der Waals surface area (Å²) < 4.78 is 0.482. The molecular weight excluding hydrogens is 284 g/mol. The third-order valence-corrected chi connectivity index (χ3v) is 5.85. The number of fused-ring (bicyclic) bond motifs is 1. The molecular formula is C16H13N2O2S+. The number of hydrogen-bond acceptors (Lipinski definition) is 3. The third-order valence-electron chi connectivity index (χ3n) is 4.67. The van der Waals surface area contributed by atoms with Gasteiger partial charge in [0.25, 0.3) is 0 Å². The molecule has 1 spiro atoms. The Kier molecular flexibility index (Phi) is 2.04. The number of thioether (sulfide) groups is 1. The van der Waals surface area contributed by atoms with Crippen molar-refractivity contribution in [3.63, 3.8) is 0 Å². The number of hydroxylamine groups is 2. The number of nitrogens with zero attached hydrogens (tertiary/aromatic N) is 2. The van der Waals surface area contributed by atoms with Crippen LogP contribution in [0.3, 0.4) is 0 Å². The second kappa shape index (κ2) is 3.58. The summed E-state index contributed by atoms with van der Waals surface area (Å²) in [5, 5.41) is 23.4. The summed E-state index contributed by atoms with van der Waals surface area (Å²) in [5.74, 6) is 0.581. The fraction of sp³-hybridized carbons (Fsp3) is 0.125. The zero-order chi connectivity index (χ0) is 14.2. The van der Waals surface area contributed by atoms with Gasteiger partial charge >= 0.3 is 5.82 Å². The van der Waals surface area contributed by atoms with Crippen molar-refractivity contribution in [2.45, 2.75) is 11.4 Å². The molecule has 2 unspecified atom stereocenters. The molecule has 104 valence electrons. The second-order valence-electron chi connectivity index (χ2n) is 5.81. The molecule has 21 heavy (non-hydrogen) atoms. The fourth-order valence-electron chi connectivity index (χ4n) is 3.81. The summed E-state index contributed by atoms with van der Waals surface area (Å²) >= 11 is 1.63. The van der Waals surface area contributed by atoms with Crippen molar-refractivity contribution in [2.24, 2.45) is 0 Å². The Hall–Kier alpha value is -1.63. The molecule has 0 fully saturated rings. The van der Waals surface area contributed by atoms with E-state index in [1.54, 1.807) is 17.8 Å². The van der Waals surface area contributed by atoms with Gasteiger partial charge in [-0.1, -0.05) is 46.9 Å². The van der Waals surface area contributed by atoms with Gasteiger partial charge in [-0.15, -0.1) is 0 Å². The lowest BCUT2D eigenvalue weighted by molar-refractivity contribution is -0.0179. The number of benzene rings is 2. The summed E-state index contributed by atoms with van der Waals surface area (Å²) in [7, 11) is 0. The molecule has 0 saturated carbocycles. The molecule has 0 amide bonds. The van der Waals surface area contributed by atoms with Gasteiger partial charge in [0.2, 0.25) is 11.4 Å². The predicted octanol–water partition coefficient (Wildman–Crippen LogP) is 3.69. The Labute approximate surface area is 126 Å². The molecule has 0 radical (unpaired) electrons. The first-order valence-electron chi connectivity index (χ1n) is 6.93. The highest BCUT2D eigenvalue weighted by Gasteiger charge is 2.67. The van der Waals surface area contributed by atoms with Gasteiger partial charge in [-0.2, -0.15) is 4.48 Å². The van der Waals surface area contributed by atoms with Crippen LogP contribution >= 0.6 is 11.8 Å². The van der Waals surface area contributed by atoms with Crippen LogP contribution in [0.25, 0.3) is 0 Å². The van der Waals surface area contributed by atoms with E-state index in [0.717, 1.165) is 23.7 Å². The largest absolute Gasteiger partial charge is 0.584 e. The maximum Gasteiger partial charge on any atom is 0.354 e. The van der Waals surface area contributed by atoms with E-state index in [0.29, 0.717) is 16.0 Å². The van der Waals surface area contributed by atoms with Crippen LogP contribution < -0.4 is 9.29 Å². The lowest BCUT2D eigenvalue weighted by Crippen LogP contribution is -2.60. The predicted molar refractivity (Wildman–Crippen MR) is 83.1 cm³/mol. The van der Waals surface area contributed by atoms with Crippen LogP contribution in [0.2, 0.25) is 0 Å². The Morgan fingerprint density at radius 3 is 2.52 bits per heavy atom. The quantitative estimate of drug-likeness (QED) is 0.596. The fourth-order valence-corrected chi connectivity index (χ4v) is 5.16. The molecule has 4 aliphatic heterocycles. The van der Waals surface area contributed by atoms with E-state index >= 15 is 0 Å². The molecule has 0 aliphatic carbocycles. The van der Waals surface area contributed by atoms with Crippen molar-refractivity contribution in [3.05, 3.63) is 70.0 Å². The van der Waals surface area contributed by atoms with Gasteiger partial charge in [-0.3, -0.25) is 0 Å². The Balaban J connectivity index is 1.81. The number of rotatable bonds is 0. The number of para-hydroxylation sites is 2. The molecule has 0 aromatic heterocycles. The van der Waals surface area contributed by atoms with Gasteiger partial charge in [-0.25, -0.2) is 5.21 Å². The molecule has 4 aliphatic rings. The average molecular weight is 297 g/mol. The third kappa shape index (κ3) is 1.27. The molecule has 4 heterocycles.